The van der Waals surface area contributed by atoms with Gasteiger partial charge < -0.3 is 5.32 Å². The molecule has 0 bridgehead atoms. The predicted octanol–water partition coefficient (Wildman–Crippen LogP) is 4.09. The number of fused-ring (bicyclic) bond motifs is 1. The molecule has 0 fully saturated rings. The van der Waals surface area contributed by atoms with E-state index in [-0.39, 0.29) is 11.3 Å². The Morgan fingerprint density at radius 1 is 0.964 bits per heavy atom. The molecule has 0 unspecified atom stereocenters. The van der Waals surface area contributed by atoms with Gasteiger partial charge in [-0.15, -0.1) is 0 Å². The molecule has 1 N–H and O–H groups in total. The van der Waals surface area contributed by atoms with Crippen LogP contribution >= 0.6 is 0 Å². The van der Waals surface area contributed by atoms with Crippen molar-refractivity contribution in [1.82, 2.24) is 9.78 Å². The molecule has 4 aromatic rings. The van der Waals surface area contributed by atoms with Gasteiger partial charge in [0, 0.05) is 11.1 Å². The Morgan fingerprint density at radius 2 is 1.64 bits per heavy atom. The van der Waals surface area contributed by atoms with Crippen molar-refractivity contribution in [3.63, 3.8) is 0 Å². The minimum atomic E-state index is -0.519. The zero-order valence-electron chi connectivity index (χ0n) is 15.0. The Balaban J connectivity index is 1.88. The molecule has 0 spiro atoms. The molecule has 0 aliphatic rings. The van der Waals surface area contributed by atoms with E-state index in [1.807, 2.05) is 6.07 Å². The highest BCUT2D eigenvalue weighted by molar-refractivity contribution is 6.11. The average molecular weight is 373 g/mol. The van der Waals surface area contributed by atoms with E-state index < -0.39 is 11.7 Å². The maximum absolute atomic E-state index is 13.6. The highest BCUT2D eigenvalue weighted by Gasteiger charge is 2.18. The molecule has 4 rings (SSSR count). The van der Waals surface area contributed by atoms with Crippen LogP contribution in [0.4, 0.5) is 10.1 Å². The third kappa shape index (κ3) is 3.16. The van der Waals surface area contributed by atoms with E-state index >= 15 is 0 Å². The van der Waals surface area contributed by atoms with Crippen molar-refractivity contribution in [2.45, 2.75) is 6.92 Å². The minimum Gasteiger partial charge on any atom is -0.320 e. The van der Waals surface area contributed by atoms with Crippen LogP contribution in [0.5, 0.6) is 0 Å². The number of hydrogen-bond donors (Lipinski definition) is 1. The molecule has 5 nitrogen and oxygen atoms in total. The van der Waals surface area contributed by atoms with E-state index in [0.29, 0.717) is 22.1 Å². The van der Waals surface area contributed by atoms with Gasteiger partial charge in [0.2, 0.25) is 0 Å². The number of halogens is 1. The third-order valence-corrected chi connectivity index (χ3v) is 4.47. The zero-order valence-corrected chi connectivity index (χ0v) is 15.0. The molecule has 1 heterocycles. The van der Waals surface area contributed by atoms with Gasteiger partial charge in [-0.2, -0.15) is 9.78 Å². The van der Waals surface area contributed by atoms with Crippen LogP contribution in [0.25, 0.3) is 16.5 Å². The second-order valence-electron chi connectivity index (χ2n) is 6.36. The van der Waals surface area contributed by atoms with Crippen LogP contribution in [-0.4, -0.2) is 15.7 Å². The lowest BCUT2D eigenvalue weighted by Crippen LogP contribution is -2.26. The average Bonchev–Trinajstić information content (AvgIpc) is 2.72. The lowest BCUT2D eigenvalue weighted by atomic mass is 10.1. The van der Waals surface area contributed by atoms with Gasteiger partial charge >= 0.3 is 0 Å². The summed E-state index contributed by atoms with van der Waals surface area (Å²) in [4.78, 5) is 25.9. The topological polar surface area (TPSA) is 64.0 Å². The van der Waals surface area contributed by atoms with Crippen molar-refractivity contribution >= 4 is 22.4 Å². The van der Waals surface area contributed by atoms with Crippen LogP contribution in [0.2, 0.25) is 0 Å². The van der Waals surface area contributed by atoms with Gasteiger partial charge in [-0.1, -0.05) is 42.5 Å². The number of hydrogen-bond acceptors (Lipinski definition) is 3. The monoisotopic (exact) mass is 373 g/mol. The van der Waals surface area contributed by atoms with Gasteiger partial charge in [-0.25, -0.2) is 4.39 Å². The Hall–Kier alpha value is -3.80. The Morgan fingerprint density at radius 3 is 2.39 bits per heavy atom. The maximum atomic E-state index is 13.6. The molecular formula is C22H16FN3O2. The normalized spacial score (nSPS) is 10.8. The second kappa shape index (κ2) is 7.08. The van der Waals surface area contributed by atoms with E-state index in [1.165, 1.54) is 16.8 Å². The predicted molar refractivity (Wildman–Crippen MR) is 106 cm³/mol. The number of benzene rings is 3. The van der Waals surface area contributed by atoms with Crippen molar-refractivity contribution in [2.75, 3.05) is 5.32 Å². The first kappa shape index (κ1) is 17.6. The summed E-state index contributed by atoms with van der Waals surface area (Å²) in [5.41, 5.74) is 1.39. The van der Waals surface area contributed by atoms with Crippen molar-refractivity contribution in [2.24, 2.45) is 0 Å². The first-order valence-corrected chi connectivity index (χ1v) is 8.69. The summed E-state index contributed by atoms with van der Waals surface area (Å²) in [7, 11) is 0. The van der Waals surface area contributed by atoms with E-state index in [4.69, 9.17) is 0 Å². The van der Waals surface area contributed by atoms with Crippen LogP contribution in [0.15, 0.2) is 77.6 Å². The van der Waals surface area contributed by atoms with Crippen molar-refractivity contribution in [3.8, 4) is 5.69 Å². The quantitative estimate of drug-likeness (QED) is 0.588. The summed E-state index contributed by atoms with van der Waals surface area (Å²) in [5.74, 6) is -0.970. The fourth-order valence-corrected chi connectivity index (χ4v) is 3.01. The van der Waals surface area contributed by atoms with Crippen LogP contribution in [-0.2, 0) is 0 Å². The number of aromatic nitrogens is 2. The Bertz CT molecular complexity index is 1250. The number of aryl methyl sites for hydroxylation is 1. The lowest BCUT2D eigenvalue weighted by molar-refractivity contribution is 0.102. The van der Waals surface area contributed by atoms with Crippen LogP contribution in [0.1, 0.15) is 16.1 Å². The smallest absolute Gasteiger partial charge is 0.279 e. The summed E-state index contributed by atoms with van der Waals surface area (Å²) >= 11 is 0. The highest BCUT2D eigenvalue weighted by Crippen LogP contribution is 2.20. The molecule has 0 saturated carbocycles. The molecule has 3 aromatic carbocycles. The van der Waals surface area contributed by atoms with Crippen molar-refractivity contribution < 1.29 is 9.18 Å². The largest absolute Gasteiger partial charge is 0.320 e. The number of anilines is 1. The number of rotatable bonds is 3. The lowest BCUT2D eigenvalue weighted by Gasteiger charge is -2.12. The first-order chi connectivity index (χ1) is 13.5. The van der Waals surface area contributed by atoms with Gasteiger partial charge in [0.25, 0.3) is 11.5 Å². The molecule has 6 heteroatoms. The summed E-state index contributed by atoms with van der Waals surface area (Å²) < 4.78 is 14.8. The Labute approximate surface area is 160 Å². The van der Waals surface area contributed by atoms with Crippen LogP contribution in [0.3, 0.4) is 0 Å². The molecule has 0 atom stereocenters. The zero-order chi connectivity index (χ0) is 19.7. The fourth-order valence-electron chi connectivity index (χ4n) is 3.01. The third-order valence-electron chi connectivity index (χ3n) is 4.47. The maximum Gasteiger partial charge on any atom is 0.279 e. The van der Waals surface area contributed by atoms with Gasteiger partial charge in [0.1, 0.15) is 5.82 Å². The molecule has 1 amide bonds. The summed E-state index contributed by atoms with van der Waals surface area (Å²) in [6, 6.07) is 19.8. The number of amides is 1. The standard InChI is InChI=1S/C22H16FN3O2/c1-14-11-12-15(23)13-19(14)24-21(27)20-17-9-5-6-10-18(17)22(28)26(25-20)16-7-3-2-4-8-16/h2-13H,1H3,(H,24,27). The van der Waals surface area contributed by atoms with Gasteiger partial charge in [0.05, 0.1) is 11.1 Å². The van der Waals surface area contributed by atoms with Gasteiger partial charge in [-0.05, 0) is 42.8 Å². The molecule has 1 aromatic heterocycles. The van der Waals surface area contributed by atoms with E-state index in [0.717, 1.165) is 5.56 Å². The van der Waals surface area contributed by atoms with Crippen LogP contribution in [0, 0.1) is 12.7 Å². The summed E-state index contributed by atoms with van der Waals surface area (Å²) in [5, 5.41) is 7.83. The van der Waals surface area contributed by atoms with Crippen molar-refractivity contribution in [3.05, 3.63) is 100 Å². The molecule has 0 radical (unpaired) electrons. The van der Waals surface area contributed by atoms with Crippen molar-refractivity contribution in [1.29, 1.82) is 0 Å². The van der Waals surface area contributed by atoms with Crippen LogP contribution < -0.4 is 10.9 Å². The number of nitrogens with zero attached hydrogens (tertiary/aromatic N) is 2. The van der Waals surface area contributed by atoms with Gasteiger partial charge in [0.15, 0.2) is 5.69 Å². The first-order valence-electron chi connectivity index (χ1n) is 8.69. The SMILES string of the molecule is Cc1ccc(F)cc1NC(=O)c1nn(-c2ccccc2)c(=O)c2ccccc12. The number of carbonyl (C=O) groups is 1. The minimum absolute atomic E-state index is 0.0858. The van der Waals surface area contributed by atoms with E-state index in [1.54, 1.807) is 61.5 Å². The van der Waals surface area contributed by atoms with E-state index in [9.17, 15) is 14.0 Å². The fraction of sp³-hybridized carbons (Fsp3) is 0.0455. The number of nitrogens with one attached hydrogen (secondary N) is 1. The molecule has 138 valence electrons. The summed E-state index contributed by atoms with van der Waals surface area (Å²) in [6.45, 7) is 1.77. The summed E-state index contributed by atoms with van der Waals surface area (Å²) in [6.07, 6.45) is 0. The molecule has 0 aliphatic heterocycles. The molecule has 0 saturated heterocycles. The Kier molecular flexibility index (Phi) is 4.45. The molecule has 28 heavy (non-hydrogen) atoms. The molecule has 0 aliphatic carbocycles. The van der Waals surface area contributed by atoms with Gasteiger partial charge in [-0.3, -0.25) is 9.59 Å². The van der Waals surface area contributed by atoms with E-state index in [2.05, 4.69) is 10.4 Å². The highest BCUT2D eigenvalue weighted by atomic mass is 19.1. The second-order valence-corrected chi connectivity index (χ2v) is 6.36. The molecular weight excluding hydrogens is 357 g/mol. The number of para-hydroxylation sites is 1. The number of carbonyl (C=O) groups excluding carboxylic acids is 1.